The quantitative estimate of drug-likeness (QED) is 0.866. The van der Waals surface area contributed by atoms with Crippen molar-refractivity contribution >= 4 is 17.2 Å². The highest BCUT2D eigenvalue weighted by Crippen LogP contribution is 2.40. The van der Waals surface area contributed by atoms with Crippen molar-refractivity contribution in [3.8, 4) is 0 Å². The van der Waals surface area contributed by atoms with Crippen LogP contribution >= 0.6 is 11.3 Å². The third kappa shape index (κ3) is 2.45. The summed E-state index contributed by atoms with van der Waals surface area (Å²) in [5.74, 6) is 1.95. The Kier molecular flexibility index (Phi) is 3.48. The molecule has 5 nitrogen and oxygen atoms in total. The number of likely N-dealkylation sites (tertiary alicyclic amines) is 1. The Hall–Kier alpha value is -1.69. The minimum atomic E-state index is -0.110. The van der Waals surface area contributed by atoms with Crippen molar-refractivity contribution in [1.29, 1.82) is 0 Å². The van der Waals surface area contributed by atoms with E-state index in [0.717, 1.165) is 43.7 Å². The molecule has 1 aliphatic carbocycles. The molecular formula is C16H19N3O2S. The fourth-order valence-corrected chi connectivity index (χ4v) is 3.84. The van der Waals surface area contributed by atoms with Crippen molar-refractivity contribution in [3.05, 3.63) is 34.1 Å². The summed E-state index contributed by atoms with van der Waals surface area (Å²) < 4.78 is 5.36. The van der Waals surface area contributed by atoms with E-state index in [9.17, 15) is 4.79 Å². The normalized spacial score (nSPS) is 23.0. The second-order valence-electron chi connectivity index (χ2n) is 6.23. The van der Waals surface area contributed by atoms with E-state index in [1.807, 2.05) is 28.7 Å². The molecule has 6 heteroatoms. The van der Waals surface area contributed by atoms with Gasteiger partial charge in [-0.2, -0.15) is 16.3 Å². The molecule has 4 rings (SSSR count). The summed E-state index contributed by atoms with van der Waals surface area (Å²) in [5, 5.41) is 8.20. The summed E-state index contributed by atoms with van der Waals surface area (Å²) in [7, 11) is 0. The molecule has 3 heterocycles. The summed E-state index contributed by atoms with van der Waals surface area (Å²) in [5.41, 5.74) is 1.09. The average Bonchev–Trinajstić information content (AvgIpc) is 3.02. The number of nitrogens with zero attached hydrogens (tertiary/aromatic N) is 3. The molecule has 0 bridgehead atoms. The van der Waals surface area contributed by atoms with Crippen LogP contribution in [0, 0.1) is 0 Å². The first kappa shape index (κ1) is 13.9. The fourth-order valence-electron chi connectivity index (χ4n) is 3.09. The van der Waals surface area contributed by atoms with E-state index in [2.05, 4.69) is 10.1 Å². The van der Waals surface area contributed by atoms with Crippen molar-refractivity contribution < 1.29 is 9.32 Å². The smallest absolute Gasteiger partial charge is 0.230 e. The van der Waals surface area contributed by atoms with Gasteiger partial charge in [0, 0.05) is 12.5 Å². The number of carbonyl (C=O) groups excluding carboxylic acids is 1. The first-order valence-electron chi connectivity index (χ1n) is 7.90. The van der Waals surface area contributed by atoms with Gasteiger partial charge in [-0.05, 0) is 55.0 Å². The number of hydrogen-bond acceptors (Lipinski definition) is 5. The van der Waals surface area contributed by atoms with Crippen LogP contribution in [0.15, 0.2) is 21.3 Å². The van der Waals surface area contributed by atoms with E-state index in [-0.39, 0.29) is 17.9 Å². The van der Waals surface area contributed by atoms with E-state index in [0.29, 0.717) is 11.7 Å². The van der Waals surface area contributed by atoms with Gasteiger partial charge < -0.3 is 9.42 Å². The van der Waals surface area contributed by atoms with Gasteiger partial charge in [-0.3, -0.25) is 4.79 Å². The minimum absolute atomic E-state index is 0.0233. The monoisotopic (exact) mass is 317 g/mol. The molecule has 116 valence electrons. The lowest BCUT2D eigenvalue weighted by atomic mass is 10.0. The zero-order valence-corrected chi connectivity index (χ0v) is 13.4. The average molecular weight is 317 g/mol. The van der Waals surface area contributed by atoms with E-state index in [1.54, 1.807) is 11.3 Å². The fraction of sp³-hybridized carbons (Fsp3) is 0.562. The standard InChI is InChI=1S/C16H19N3O2S/c1-10(12-6-8-22-9-12)16(20)19-7-2-3-13(19)14-17-15(21-18-14)11-4-5-11/h6,8-11,13H,2-5,7H2,1H3. The SMILES string of the molecule is CC(C(=O)N1CCCC1c1noc(C2CC2)n1)c1ccsc1. The molecule has 2 aromatic rings. The zero-order chi connectivity index (χ0) is 15.1. The predicted molar refractivity (Wildman–Crippen MR) is 82.7 cm³/mol. The van der Waals surface area contributed by atoms with Crippen LogP contribution < -0.4 is 0 Å². The third-order valence-corrected chi connectivity index (χ3v) is 5.33. The molecule has 2 unspecified atom stereocenters. The summed E-state index contributed by atoms with van der Waals surface area (Å²) in [4.78, 5) is 19.3. The lowest BCUT2D eigenvalue weighted by Crippen LogP contribution is -2.34. The van der Waals surface area contributed by atoms with Gasteiger partial charge in [-0.25, -0.2) is 0 Å². The molecule has 1 amide bonds. The maximum atomic E-state index is 12.8. The van der Waals surface area contributed by atoms with Crippen LogP contribution in [0.4, 0.5) is 0 Å². The van der Waals surface area contributed by atoms with Crippen LogP contribution in [-0.2, 0) is 4.79 Å². The molecule has 2 aliphatic rings. The van der Waals surface area contributed by atoms with Gasteiger partial charge in [0.05, 0.1) is 12.0 Å². The molecule has 2 atom stereocenters. The maximum absolute atomic E-state index is 12.8. The predicted octanol–water partition coefficient (Wildman–Crippen LogP) is 3.48. The Labute approximate surface area is 133 Å². The Balaban J connectivity index is 1.53. The van der Waals surface area contributed by atoms with Crippen LogP contribution in [0.1, 0.15) is 67.8 Å². The van der Waals surface area contributed by atoms with Crippen LogP contribution in [0.25, 0.3) is 0 Å². The highest BCUT2D eigenvalue weighted by Gasteiger charge is 2.37. The van der Waals surface area contributed by atoms with E-state index in [1.165, 1.54) is 0 Å². The second-order valence-corrected chi connectivity index (χ2v) is 7.01. The minimum Gasteiger partial charge on any atom is -0.339 e. The van der Waals surface area contributed by atoms with Crippen molar-refractivity contribution in [2.75, 3.05) is 6.54 Å². The summed E-state index contributed by atoms with van der Waals surface area (Å²) in [6, 6.07) is 2.00. The summed E-state index contributed by atoms with van der Waals surface area (Å²) >= 11 is 1.63. The van der Waals surface area contributed by atoms with Gasteiger partial charge in [-0.15, -0.1) is 0 Å². The van der Waals surface area contributed by atoms with Gasteiger partial charge in [0.2, 0.25) is 11.8 Å². The molecule has 0 N–H and O–H groups in total. The van der Waals surface area contributed by atoms with Gasteiger partial charge in [0.15, 0.2) is 5.82 Å². The lowest BCUT2D eigenvalue weighted by molar-refractivity contribution is -0.133. The second kappa shape index (κ2) is 5.50. The molecule has 0 spiro atoms. The van der Waals surface area contributed by atoms with Gasteiger partial charge >= 0.3 is 0 Å². The third-order valence-electron chi connectivity index (χ3n) is 4.63. The zero-order valence-electron chi connectivity index (χ0n) is 12.6. The molecule has 1 saturated carbocycles. The number of thiophene rings is 1. The molecule has 1 saturated heterocycles. The highest BCUT2D eigenvalue weighted by molar-refractivity contribution is 7.08. The molecule has 22 heavy (non-hydrogen) atoms. The number of carbonyl (C=O) groups is 1. The molecule has 2 fully saturated rings. The molecular weight excluding hydrogens is 298 g/mol. The Morgan fingerprint density at radius 3 is 3.05 bits per heavy atom. The number of aromatic nitrogens is 2. The Bertz CT molecular complexity index is 663. The van der Waals surface area contributed by atoms with Crippen molar-refractivity contribution in [3.63, 3.8) is 0 Å². The number of amides is 1. The highest BCUT2D eigenvalue weighted by atomic mass is 32.1. The Morgan fingerprint density at radius 2 is 2.32 bits per heavy atom. The largest absolute Gasteiger partial charge is 0.339 e. The maximum Gasteiger partial charge on any atom is 0.230 e. The van der Waals surface area contributed by atoms with Crippen molar-refractivity contribution in [2.24, 2.45) is 0 Å². The van der Waals surface area contributed by atoms with Crippen LogP contribution in [-0.4, -0.2) is 27.5 Å². The van der Waals surface area contributed by atoms with Crippen LogP contribution in [0.3, 0.4) is 0 Å². The first-order valence-corrected chi connectivity index (χ1v) is 8.84. The van der Waals surface area contributed by atoms with Crippen molar-refractivity contribution in [1.82, 2.24) is 15.0 Å². The lowest BCUT2D eigenvalue weighted by Gasteiger charge is -2.25. The molecule has 2 aromatic heterocycles. The Morgan fingerprint density at radius 1 is 1.45 bits per heavy atom. The molecule has 0 aromatic carbocycles. The van der Waals surface area contributed by atoms with Gasteiger partial charge in [0.1, 0.15) is 0 Å². The molecule has 0 radical (unpaired) electrons. The first-order chi connectivity index (χ1) is 10.7. The summed E-state index contributed by atoms with van der Waals surface area (Å²) in [6.45, 7) is 2.76. The summed E-state index contributed by atoms with van der Waals surface area (Å²) in [6.07, 6.45) is 4.21. The topological polar surface area (TPSA) is 59.2 Å². The number of hydrogen-bond donors (Lipinski definition) is 0. The van der Waals surface area contributed by atoms with Gasteiger partial charge in [0.25, 0.3) is 0 Å². The van der Waals surface area contributed by atoms with E-state index in [4.69, 9.17) is 4.52 Å². The van der Waals surface area contributed by atoms with Crippen LogP contribution in [0.5, 0.6) is 0 Å². The van der Waals surface area contributed by atoms with Crippen LogP contribution in [0.2, 0.25) is 0 Å². The molecule has 1 aliphatic heterocycles. The van der Waals surface area contributed by atoms with E-state index >= 15 is 0 Å². The van der Waals surface area contributed by atoms with Crippen molar-refractivity contribution in [2.45, 2.75) is 50.5 Å². The van der Waals surface area contributed by atoms with Gasteiger partial charge in [-0.1, -0.05) is 5.16 Å². The number of rotatable bonds is 4. The van der Waals surface area contributed by atoms with E-state index < -0.39 is 0 Å².